The monoisotopic (exact) mass is 186 g/mol. The summed E-state index contributed by atoms with van der Waals surface area (Å²) in [5.74, 6) is 0.206. The number of carbonyl (C=O) groups is 1. The minimum atomic E-state index is -0.142. The highest BCUT2D eigenvalue weighted by Crippen LogP contribution is 2.13. The van der Waals surface area contributed by atoms with Crippen molar-refractivity contribution in [3.8, 4) is 0 Å². The predicted molar refractivity (Wildman–Crippen MR) is 49.4 cm³/mol. The molecule has 1 unspecified atom stereocenters. The van der Waals surface area contributed by atoms with E-state index in [1.807, 2.05) is 13.8 Å². The molecule has 0 N–H and O–H groups in total. The molecule has 3 heteroatoms. The molecule has 1 atom stereocenters. The molecule has 13 heavy (non-hydrogen) atoms. The maximum absolute atomic E-state index is 11.2. The van der Waals surface area contributed by atoms with E-state index in [-0.39, 0.29) is 24.6 Å². The minimum absolute atomic E-state index is 0.0589. The molecule has 0 bridgehead atoms. The highest BCUT2D eigenvalue weighted by Gasteiger charge is 2.16. The molecular weight excluding hydrogens is 168 g/mol. The molecule has 1 fully saturated rings. The zero-order valence-corrected chi connectivity index (χ0v) is 8.41. The van der Waals surface area contributed by atoms with Gasteiger partial charge in [-0.15, -0.1) is 0 Å². The Kier molecular flexibility index (Phi) is 4.39. The fraction of sp³-hybridized carbons (Fsp3) is 0.900. The Bertz CT molecular complexity index is 160. The van der Waals surface area contributed by atoms with E-state index < -0.39 is 0 Å². The SMILES string of the molecule is CC(C)C(=O)COC1CCCCO1. The van der Waals surface area contributed by atoms with Crippen LogP contribution in [0.1, 0.15) is 33.1 Å². The van der Waals surface area contributed by atoms with Crippen molar-refractivity contribution in [3.63, 3.8) is 0 Å². The van der Waals surface area contributed by atoms with Gasteiger partial charge in [-0.05, 0) is 19.3 Å². The first-order valence-electron chi connectivity index (χ1n) is 4.96. The number of hydrogen-bond acceptors (Lipinski definition) is 3. The van der Waals surface area contributed by atoms with Crippen LogP contribution in [0.5, 0.6) is 0 Å². The van der Waals surface area contributed by atoms with Crippen LogP contribution in [0.15, 0.2) is 0 Å². The molecule has 0 radical (unpaired) electrons. The summed E-state index contributed by atoms with van der Waals surface area (Å²) < 4.78 is 10.7. The Balaban J connectivity index is 2.13. The Morgan fingerprint density at radius 1 is 1.54 bits per heavy atom. The smallest absolute Gasteiger partial charge is 0.161 e. The maximum atomic E-state index is 11.2. The first kappa shape index (κ1) is 10.7. The Morgan fingerprint density at radius 2 is 2.31 bits per heavy atom. The Hall–Kier alpha value is -0.410. The van der Waals surface area contributed by atoms with Gasteiger partial charge >= 0.3 is 0 Å². The van der Waals surface area contributed by atoms with Gasteiger partial charge in [0.15, 0.2) is 12.1 Å². The zero-order chi connectivity index (χ0) is 9.68. The molecule has 0 aliphatic carbocycles. The van der Waals surface area contributed by atoms with E-state index in [4.69, 9.17) is 9.47 Å². The summed E-state index contributed by atoms with van der Waals surface area (Å²) in [5, 5.41) is 0. The first-order chi connectivity index (χ1) is 6.20. The van der Waals surface area contributed by atoms with Crippen LogP contribution in [0, 0.1) is 5.92 Å². The molecule has 1 rings (SSSR count). The maximum Gasteiger partial charge on any atom is 0.161 e. The number of ketones is 1. The second-order valence-electron chi connectivity index (χ2n) is 3.73. The summed E-state index contributed by atoms with van der Waals surface area (Å²) in [7, 11) is 0. The zero-order valence-electron chi connectivity index (χ0n) is 8.41. The normalized spacial score (nSPS) is 23.5. The highest BCUT2D eigenvalue weighted by molar-refractivity contribution is 5.81. The van der Waals surface area contributed by atoms with Gasteiger partial charge in [0.2, 0.25) is 0 Å². The third kappa shape index (κ3) is 3.87. The first-order valence-corrected chi connectivity index (χ1v) is 4.96. The molecule has 0 spiro atoms. The average Bonchev–Trinajstić information content (AvgIpc) is 2.15. The summed E-state index contributed by atoms with van der Waals surface area (Å²) in [4.78, 5) is 11.2. The lowest BCUT2D eigenvalue weighted by Gasteiger charge is -2.22. The van der Waals surface area contributed by atoms with Crippen LogP contribution in [-0.4, -0.2) is 25.3 Å². The van der Waals surface area contributed by atoms with Crippen LogP contribution < -0.4 is 0 Å². The van der Waals surface area contributed by atoms with Gasteiger partial charge in [-0.3, -0.25) is 4.79 Å². The van der Waals surface area contributed by atoms with E-state index in [0.717, 1.165) is 25.9 Å². The summed E-state index contributed by atoms with van der Waals surface area (Å²) in [6, 6.07) is 0. The third-order valence-electron chi connectivity index (χ3n) is 2.19. The number of carbonyl (C=O) groups excluding carboxylic acids is 1. The summed E-state index contributed by atoms with van der Waals surface area (Å²) in [6.45, 7) is 4.73. The van der Waals surface area contributed by atoms with E-state index in [0.29, 0.717) is 0 Å². The van der Waals surface area contributed by atoms with Gasteiger partial charge in [-0.1, -0.05) is 13.8 Å². The van der Waals surface area contributed by atoms with Crippen LogP contribution >= 0.6 is 0 Å². The van der Waals surface area contributed by atoms with Gasteiger partial charge in [0, 0.05) is 12.5 Å². The quantitative estimate of drug-likeness (QED) is 0.671. The van der Waals surface area contributed by atoms with Crippen molar-refractivity contribution < 1.29 is 14.3 Å². The fourth-order valence-corrected chi connectivity index (χ4v) is 1.18. The van der Waals surface area contributed by atoms with Crippen LogP contribution in [0.25, 0.3) is 0 Å². The fourth-order valence-electron chi connectivity index (χ4n) is 1.18. The number of Topliss-reactive ketones (excluding diaryl/α,β-unsaturated/α-hetero) is 1. The molecule has 76 valence electrons. The van der Waals surface area contributed by atoms with Gasteiger partial charge in [-0.25, -0.2) is 0 Å². The lowest BCUT2D eigenvalue weighted by atomic mass is 10.1. The van der Waals surface area contributed by atoms with Crippen molar-refractivity contribution >= 4 is 5.78 Å². The van der Waals surface area contributed by atoms with Crippen molar-refractivity contribution in [2.45, 2.75) is 39.4 Å². The van der Waals surface area contributed by atoms with Crippen LogP contribution in [0.4, 0.5) is 0 Å². The second-order valence-corrected chi connectivity index (χ2v) is 3.73. The molecule has 0 amide bonds. The minimum Gasteiger partial charge on any atom is -0.353 e. The Morgan fingerprint density at radius 3 is 2.85 bits per heavy atom. The number of rotatable bonds is 4. The largest absolute Gasteiger partial charge is 0.353 e. The average molecular weight is 186 g/mol. The van der Waals surface area contributed by atoms with E-state index in [1.165, 1.54) is 0 Å². The van der Waals surface area contributed by atoms with Crippen molar-refractivity contribution in [1.29, 1.82) is 0 Å². The van der Waals surface area contributed by atoms with Crippen molar-refractivity contribution in [3.05, 3.63) is 0 Å². The molecule has 1 saturated heterocycles. The summed E-state index contributed by atoms with van der Waals surface area (Å²) in [6.07, 6.45) is 3.03. The van der Waals surface area contributed by atoms with Gasteiger partial charge in [0.05, 0.1) is 0 Å². The summed E-state index contributed by atoms with van der Waals surface area (Å²) in [5.41, 5.74) is 0. The number of hydrogen-bond donors (Lipinski definition) is 0. The lowest BCUT2D eigenvalue weighted by Crippen LogP contribution is -2.26. The Labute approximate surface area is 79.4 Å². The van der Waals surface area contributed by atoms with Gasteiger partial charge in [0.25, 0.3) is 0 Å². The topological polar surface area (TPSA) is 35.5 Å². The predicted octanol–water partition coefficient (Wildman–Crippen LogP) is 1.75. The van der Waals surface area contributed by atoms with Crippen LogP contribution in [0.2, 0.25) is 0 Å². The lowest BCUT2D eigenvalue weighted by molar-refractivity contribution is -0.170. The number of ether oxygens (including phenoxy) is 2. The van der Waals surface area contributed by atoms with E-state index in [1.54, 1.807) is 0 Å². The van der Waals surface area contributed by atoms with Crippen LogP contribution in [0.3, 0.4) is 0 Å². The van der Waals surface area contributed by atoms with Crippen LogP contribution in [-0.2, 0) is 14.3 Å². The molecule has 1 heterocycles. The van der Waals surface area contributed by atoms with Crippen molar-refractivity contribution in [1.82, 2.24) is 0 Å². The van der Waals surface area contributed by atoms with Gasteiger partial charge in [0.1, 0.15) is 6.61 Å². The van der Waals surface area contributed by atoms with E-state index >= 15 is 0 Å². The summed E-state index contributed by atoms with van der Waals surface area (Å²) >= 11 is 0. The molecular formula is C10H18O3. The highest BCUT2D eigenvalue weighted by atomic mass is 16.7. The molecule has 0 aromatic rings. The molecule has 3 nitrogen and oxygen atoms in total. The molecule has 1 aliphatic rings. The molecule has 0 aromatic heterocycles. The standard InChI is InChI=1S/C10H18O3/c1-8(2)9(11)7-13-10-5-3-4-6-12-10/h8,10H,3-7H2,1-2H3. The van der Waals surface area contributed by atoms with E-state index in [9.17, 15) is 4.79 Å². The molecule has 0 aromatic carbocycles. The molecule has 1 aliphatic heterocycles. The molecule has 0 saturated carbocycles. The van der Waals surface area contributed by atoms with Crippen molar-refractivity contribution in [2.24, 2.45) is 5.92 Å². The van der Waals surface area contributed by atoms with E-state index in [2.05, 4.69) is 0 Å². The van der Waals surface area contributed by atoms with Crippen molar-refractivity contribution in [2.75, 3.05) is 13.2 Å². The van der Waals surface area contributed by atoms with Gasteiger partial charge in [-0.2, -0.15) is 0 Å². The third-order valence-corrected chi connectivity index (χ3v) is 2.19. The van der Waals surface area contributed by atoms with Gasteiger partial charge < -0.3 is 9.47 Å². The second kappa shape index (κ2) is 5.35.